The highest BCUT2D eigenvalue weighted by molar-refractivity contribution is 5.94. The number of amides is 1. The quantitative estimate of drug-likeness (QED) is 0.808. The molecule has 1 amide bonds. The van der Waals surface area contributed by atoms with Gasteiger partial charge in [-0.1, -0.05) is 6.92 Å². The molecule has 3 rings (SSSR count). The molecule has 2 aliphatic rings. The van der Waals surface area contributed by atoms with E-state index in [1.807, 2.05) is 24.3 Å². The zero-order valence-electron chi connectivity index (χ0n) is 14.2. The van der Waals surface area contributed by atoms with E-state index in [0.29, 0.717) is 6.04 Å². The van der Waals surface area contributed by atoms with Gasteiger partial charge in [0, 0.05) is 24.7 Å². The molecule has 4 nitrogen and oxygen atoms in total. The third kappa shape index (κ3) is 4.05. The molecule has 0 aromatic heterocycles. The summed E-state index contributed by atoms with van der Waals surface area (Å²) < 4.78 is 5.59. The van der Waals surface area contributed by atoms with Gasteiger partial charge in [0.25, 0.3) is 5.91 Å². The van der Waals surface area contributed by atoms with Crippen LogP contribution in [0.3, 0.4) is 0 Å². The van der Waals surface area contributed by atoms with Gasteiger partial charge in [0.2, 0.25) is 0 Å². The van der Waals surface area contributed by atoms with E-state index in [9.17, 15) is 4.79 Å². The van der Waals surface area contributed by atoms with Gasteiger partial charge in [0.05, 0.1) is 6.61 Å². The van der Waals surface area contributed by atoms with Crippen LogP contribution < -0.4 is 4.74 Å². The highest BCUT2D eigenvalue weighted by atomic mass is 16.5. The third-order valence-electron chi connectivity index (χ3n) is 4.88. The number of carbonyl (C=O) groups excluding carboxylic acids is 1. The lowest BCUT2D eigenvalue weighted by Crippen LogP contribution is -2.42. The minimum atomic E-state index is 0.175. The first kappa shape index (κ1) is 16.3. The molecular weight excluding hydrogens is 288 g/mol. The maximum Gasteiger partial charge on any atom is 0.254 e. The smallest absolute Gasteiger partial charge is 0.254 e. The van der Waals surface area contributed by atoms with Gasteiger partial charge in [0.15, 0.2) is 0 Å². The molecule has 2 heterocycles. The molecule has 1 atom stereocenters. The molecule has 1 aromatic rings. The molecular formula is C19H28N2O2. The van der Waals surface area contributed by atoms with Crippen molar-refractivity contribution in [2.45, 2.75) is 45.1 Å². The number of carbonyl (C=O) groups is 1. The standard InChI is InChI=1S/C19H28N2O2/c1-2-14-23-18-9-7-16(8-10-18)19(22)21-13-5-6-17(21)15-20-11-3-4-12-20/h7-10,17H,2-6,11-15H2,1H3/t17-/m0/s1. The van der Waals surface area contributed by atoms with Crippen LogP contribution >= 0.6 is 0 Å². The minimum Gasteiger partial charge on any atom is -0.494 e. The number of ether oxygens (including phenoxy) is 1. The van der Waals surface area contributed by atoms with E-state index in [1.54, 1.807) is 0 Å². The van der Waals surface area contributed by atoms with Gasteiger partial charge < -0.3 is 14.5 Å². The fourth-order valence-electron chi connectivity index (χ4n) is 3.64. The van der Waals surface area contributed by atoms with Crippen molar-refractivity contribution in [3.05, 3.63) is 29.8 Å². The van der Waals surface area contributed by atoms with Crippen LogP contribution in [0.2, 0.25) is 0 Å². The monoisotopic (exact) mass is 316 g/mol. The minimum absolute atomic E-state index is 0.175. The number of benzene rings is 1. The number of nitrogens with zero attached hydrogens (tertiary/aromatic N) is 2. The molecule has 2 aliphatic heterocycles. The Morgan fingerprint density at radius 2 is 1.87 bits per heavy atom. The molecule has 0 radical (unpaired) electrons. The van der Waals surface area contributed by atoms with Gasteiger partial charge in [0.1, 0.15) is 5.75 Å². The van der Waals surface area contributed by atoms with E-state index < -0.39 is 0 Å². The van der Waals surface area contributed by atoms with E-state index in [4.69, 9.17) is 4.74 Å². The van der Waals surface area contributed by atoms with Crippen molar-refractivity contribution in [2.75, 3.05) is 32.8 Å². The molecule has 0 aliphatic carbocycles. The molecule has 0 spiro atoms. The topological polar surface area (TPSA) is 32.8 Å². The van der Waals surface area contributed by atoms with Crippen LogP contribution in [-0.2, 0) is 0 Å². The van der Waals surface area contributed by atoms with Crippen LogP contribution in [0, 0.1) is 0 Å². The fourth-order valence-corrected chi connectivity index (χ4v) is 3.64. The molecule has 2 fully saturated rings. The number of hydrogen-bond acceptors (Lipinski definition) is 3. The second-order valence-electron chi connectivity index (χ2n) is 6.68. The molecule has 0 bridgehead atoms. The predicted molar refractivity (Wildman–Crippen MR) is 92.0 cm³/mol. The Morgan fingerprint density at radius 3 is 2.57 bits per heavy atom. The van der Waals surface area contributed by atoms with Crippen molar-refractivity contribution >= 4 is 5.91 Å². The first-order chi connectivity index (χ1) is 11.3. The summed E-state index contributed by atoms with van der Waals surface area (Å²) in [7, 11) is 0. The zero-order chi connectivity index (χ0) is 16.1. The first-order valence-electron chi connectivity index (χ1n) is 9.04. The summed E-state index contributed by atoms with van der Waals surface area (Å²) in [5.74, 6) is 1.02. The van der Waals surface area contributed by atoms with E-state index in [-0.39, 0.29) is 5.91 Å². The van der Waals surface area contributed by atoms with Crippen molar-refractivity contribution in [3.63, 3.8) is 0 Å². The Morgan fingerprint density at radius 1 is 1.13 bits per heavy atom. The van der Waals surface area contributed by atoms with Crippen LogP contribution in [0.5, 0.6) is 5.75 Å². The zero-order valence-corrected chi connectivity index (χ0v) is 14.2. The number of rotatable bonds is 6. The lowest BCUT2D eigenvalue weighted by Gasteiger charge is -2.28. The molecule has 0 N–H and O–H groups in total. The fraction of sp³-hybridized carbons (Fsp3) is 0.632. The maximum absolute atomic E-state index is 12.8. The normalized spacial score (nSPS) is 21.8. The molecule has 2 saturated heterocycles. The van der Waals surface area contributed by atoms with Crippen molar-refractivity contribution in [1.29, 1.82) is 0 Å². The lowest BCUT2D eigenvalue weighted by atomic mass is 10.1. The van der Waals surface area contributed by atoms with Crippen LogP contribution in [0.4, 0.5) is 0 Å². The van der Waals surface area contributed by atoms with Crippen molar-refractivity contribution in [1.82, 2.24) is 9.80 Å². The van der Waals surface area contributed by atoms with Crippen molar-refractivity contribution < 1.29 is 9.53 Å². The maximum atomic E-state index is 12.8. The van der Waals surface area contributed by atoms with Crippen molar-refractivity contribution in [2.24, 2.45) is 0 Å². The van der Waals surface area contributed by atoms with E-state index >= 15 is 0 Å². The SMILES string of the molecule is CCCOc1ccc(C(=O)N2CCC[C@H]2CN2CCCC2)cc1. The Bertz CT molecular complexity index is 509. The van der Waals surface area contributed by atoms with Gasteiger partial charge in [-0.15, -0.1) is 0 Å². The summed E-state index contributed by atoms with van der Waals surface area (Å²) in [6, 6.07) is 8.01. The Hall–Kier alpha value is -1.55. The summed E-state index contributed by atoms with van der Waals surface area (Å²) in [6.45, 7) is 7.14. The van der Waals surface area contributed by atoms with Gasteiger partial charge in [-0.25, -0.2) is 0 Å². The number of hydrogen-bond donors (Lipinski definition) is 0. The Balaban J connectivity index is 1.61. The summed E-state index contributed by atoms with van der Waals surface area (Å²) in [5.41, 5.74) is 0.780. The summed E-state index contributed by atoms with van der Waals surface area (Å²) in [6.07, 6.45) is 5.87. The lowest BCUT2D eigenvalue weighted by molar-refractivity contribution is 0.0708. The molecule has 0 unspecified atom stereocenters. The largest absolute Gasteiger partial charge is 0.494 e. The molecule has 1 aromatic carbocycles. The third-order valence-corrected chi connectivity index (χ3v) is 4.88. The van der Waals surface area contributed by atoms with Crippen LogP contribution in [-0.4, -0.2) is 54.5 Å². The summed E-state index contributed by atoms with van der Waals surface area (Å²) in [5, 5.41) is 0. The molecule has 126 valence electrons. The second-order valence-corrected chi connectivity index (χ2v) is 6.68. The van der Waals surface area contributed by atoms with Gasteiger partial charge in [-0.2, -0.15) is 0 Å². The van der Waals surface area contributed by atoms with Crippen LogP contribution in [0.25, 0.3) is 0 Å². The average molecular weight is 316 g/mol. The summed E-state index contributed by atoms with van der Waals surface area (Å²) in [4.78, 5) is 17.4. The Labute approximate surface area is 139 Å². The summed E-state index contributed by atoms with van der Waals surface area (Å²) >= 11 is 0. The van der Waals surface area contributed by atoms with Crippen molar-refractivity contribution in [3.8, 4) is 5.75 Å². The van der Waals surface area contributed by atoms with Gasteiger partial charge in [-0.05, 0) is 69.5 Å². The molecule has 4 heteroatoms. The number of likely N-dealkylation sites (tertiary alicyclic amines) is 2. The predicted octanol–water partition coefficient (Wildman–Crippen LogP) is 3.18. The van der Waals surface area contributed by atoms with Crippen LogP contribution in [0.15, 0.2) is 24.3 Å². The van der Waals surface area contributed by atoms with Gasteiger partial charge >= 0.3 is 0 Å². The van der Waals surface area contributed by atoms with E-state index in [2.05, 4.69) is 16.7 Å². The highest BCUT2D eigenvalue weighted by Gasteiger charge is 2.31. The average Bonchev–Trinajstić information content (AvgIpc) is 3.25. The highest BCUT2D eigenvalue weighted by Crippen LogP contribution is 2.23. The molecule has 23 heavy (non-hydrogen) atoms. The second kappa shape index (κ2) is 7.82. The van der Waals surface area contributed by atoms with Crippen LogP contribution in [0.1, 0.15) is 49.4 Å². The van der Waals surface area contributed by atoms with Gasteiger partial charge in [-0.3, -0.25) is 4.79 Å². The van der Waals surface area contributed by atoms with E-state index in [1.165, 1.54) is 25.9 Å². The first-order valence-corrected chi connectivity index (χ1v) is 9.04. The van der Waals surface area contributed by atoms with E-state index in [0.717, 1.165) is 50.3 Å². The Kier molecular flexibility index (Phi) is 5.55. The molecule has 0 saturated carbocycles.